The Balaban J connectivity index is 0.000000174. The van der Waals surface area contributed by atoms with E-state index in [0.29, 0.717) is 37.5 Å². The van der Waals surface area contributed by atoms with Crippen LogP contribution in [0.5, 0.6) is 0 Å². The van der Waals surface area contributed by atoms with E-state index >= 15 is 0 Å². The number of rotatable bonds is 8. The number of benzene rings is 2. The molecule has 4 N–H and O–H groups in total. The van der Waals surface area contributed by atoms with Gasteiger partial charge in [0.15, 0.2) is 11.3 Å². The highest BCUT2D eigenvalue weighted by Gasteiger charge is 2.32. The number of carboxylic acids is 1. The van der Waals surface area contributed by atoms with Gasteiger partial charge in [-0.15, -0.1) is 0 Å². The van der Waals surface area contributed by atoms with Crippen LogP contribution in [0.2, 0.25) is 10.3 Å². The number of carbonyl (C=O) groups excluding carboxylic acids is 1. The van der Waals surface area contributed by atoms with E-state index in [1.807, 2.05) is 42.9 Å². The van der Waals surface area contributed by atoms with Crippen LogP contribution in [0.15, 0.2) is 69.9 Å². The summed E-state index contributed by atoms with van der Waals surface area (Å²) in [6.07, 6.45) is 12.0. The smallest absolute Gasteiger partial charge is 0.337 e. The lowest BCUT2D eigenvalue weighted by molar-refractivity contribution is 0.0606. The lowest BCUT2D eigenvalue weighted by atomic mass is 9.98. The summed E-state index contributed by atoms with van der Waals surface area (Å²) < 4.78 is 54.8. The number of fused-ring (bicyclic) bond motifs is 2. The van der Waals surface area contributed by atoms with Gasteiger partial charge in [-0.3, -0.25) is 14.2 Å². The molecule has 2 aliphatic heterocycles. The fourth-order valence-electron chi connectivity index (χ4n) is 7.05. The number of aromatic nitrogens is 6. The summed E-state index contributed by atoms with van der Waals surface area (Å²) in [5, 5.41) is 22.5. The van der Waals surface area contributed by atoms with Crippen LogP contribution in [-0.4, -0.2) is 93.5 Å². The minimum absolute atomic E-state index is 0.0493. The van der Waals surface area contributed by atoms with Crippen molar-refractivity contribution in [1.82, 2.24) is 39.4 Å². The number of carbonyl (C=O) groups is 2. The molecule has 0 radical (unpaired) electrons. The van der Waals surface area contributed by atoms with Gasteiger partial charge in [0.05, 0.1) is 58.5 Å². The normalized spacial score (nSPS) is 16.7. The molecule has 0 aliphatic carbocycles. The van der Waals surface area contributed by atoms with Gasteiger partial charge in [0, 0.05) is 51.1 Å². The number of anilines is 2. The number of amides is 1. The van der Waals surface area contributed by atoms with Crippen LogP contribution in [-0.2, 0) is 20.0 Å². The summed E-state index contributed by atoms with van der Waals surface area (Å²) in [5.74, 6) is -1.45. The number of hydrogen-bond donors (Lipinski definition) is 4. The van der Waals surface area contributed by atoms with E-state index in [1.54, 1.807) is 33.7 Å². The summed E-state index contributed by atoms with van der Waals surface area (Å²) in [4.78, 5) is 34.8. The van der Waals surface area contributed by atoms with E-state index in [9.17, 15) is 26.4 Å². The Morgan fingerprint density at radius 2 is 1.25 bits per heavy atom. The minimum atomic E-state index is -3.54. The Morgan fingerprint density at radius 3 is 1.78 bits per heavy atom. The van der Waals surface area contributed by atoms with Crippen LogP contribution in [0.1, 0.15) is 93.8 Å². The summed E-state index contributed by atoms with van der Waals surface area (Å²) >= 11 is 18.6. The molecule has 2 aliphatic rings. The quantitative estimate of drug-likeness (QED) is 0.106. The molecule has 17 nitrogen and oxygen atoms in total. The lowest BCUT2D eigenvalue weighted by Crippen LogP contribution is -2.39. The van der Waals surface area contributed by atoms with Gasteiger partial charge in [-0.2, -0.15) is 10.2 Å². The molecule has 23 heteroatoms. The molecule has 2 atom stereocenters. The zero-order valence-electron chi connectivity index (χ0n) is 34.4. The second-order valence-corrected chi connectivity index (χ2v) is 21.2. The standard InChI is InChI=1S/C20H21BrClN5O3S.C12H15ClN4.C8H8BrNO4S/c1-12-11-27-18(23-19(12)22)10-16(24-27)17-5-3-4-8-26(17)20(28)14-9-13(21)6-7-15(14)25-31(2,29)30;1-8-7-17-11(15-12(8)13)6-10(16-17)9-4-2-3-5-14-9;1-15(13,14)10-7-3-2-5(9)4-6(7)8(11)12/h6-7,9-11,17,25H,3-5,8H2,1-2H3;6-7,9,14H,2-5H2,1H3;2-4,10H,1H3,(H,11,12)/t17-;9-;/m00./s1. The number of sulfonamides is 2. The largest absolute Gasteiger partial charge is 0.478 e. The number of likely N-dealkylation sites (tertiary alicyclic amines) is 1. The highest BCUT2D eigenvalue weighted by molar-refractivity contribution is 9.10. The van der Waals surface area contributed by atoms with Crippen molar-refractivity contribution in [3.8, 4) is 0 Å². The predicted octanol–water partition coefficient (Wildman–Crippen LogP) is 8.22. The predicted molar refractivity (Wildman–Crippen MR) is 250 cm³/mol. The first kappa shape index (κ1) is 48.1. The zero-order chi connectivity index (χ0) is 45.8. The lowest BCUT2D eigenvalue weighted by Gasteiger charge is -2.35. The second-order valence-electron chi connectivity index (χ2n) is 15.1. The van der Waals surface area contributed by atoms with E-state index in [0.717, 1.165) is 72.9 Å². The van der Waals surface area contributed by atoms with Gasteiger partial charge in [0.2, 0.25) is 20.0 Å². The minimum Gasteiger partial charge on any atom is -0.478 e. The molecular weight excluding hydrogens is 1030 g/mol. The Bertz CT molecular complexity index is 2830. The molecular formula is C40H44Br2Cl2N10O7S2. The van der Waals surface area contributed by atoms with Crippen molar-refractivity contribution in [2.75, 3.05) is 35.0 Å². The van der Waals surface area contributed by atoms with E-state index in [-0.39, 0.29) is 34.5 Å². The Kier molecular flexibility index (Phi) is 15.4. The van der Waals surface area contributed by atoms with Gasteiger partial charge >= 0.3 is 5.97 Å². The van der Waals surface area contributed by atoms with Crippen molar-refractivity contribution in [2.24, 2.45) is 0 Å². The van der Waals surface area contributed by atoms with Gasteiger partial charge in [-0.25, -0.2) is 40.6 Å². The number of hydrogen-bond acceptors (Lipinski definition) is 11. The summed E-state index contributed by atoms with van der Waals surface area (Å²) in [6.45, 7) is 5.42. The third-order valence-electron chi connectivity index (χ3n) is 9.97. The van der Waals surface area contributed by atoms with E-state index in [1.165, 1.54) is 25.0 Å². The summed E-state index contributed by atoms with van der Waals surface area (Å²) in [6, 6.07) is 13.2. The van der Waals surface area contributed by atoms with Crippen LogP contribution in [0.25, 0.3) is 11.3 Å². The van der Waals surface area contributed by atoms with Crippen LogP contribution in [0.4, 0.5) is 11.4 Å². The van der Waals surface area contributed by atoms with Gasteiger partial charge in [0.25, 0.3) is 5.91 Å². The average Bonchev–Trinajstić information content (AvgIpc) is 3.82. The number of carboxylic acid groups (broad SMARTS) is 1. The molecule has 6 aromatic rings. The van der Waals surface area contributed by atoms with E-state index < -0.39 is 26.0 Å². The van der Waals surface area contributed by atoms with Crippen molar-refractivity contribution in [3.05, 3.63) is 114 Å². The number of aromatic carboxylic acids is 1. The highest BCUT2D eigenvalue weighted by atomic mass is 79.9. The third-order valence-corrected chi connectivity index (χ3v) is 12.9. The highest BCUT2D eigenvalue weighted by Crippen LogP contribution is 2.34. The summed E-state index contributed by atoms with van der Waals surface area (Å²) in [7, 11) is -7.02. The first-order valence-corrected chi connectivity index (χ1v) is 25.7. The second kappa shape index (κ2) is 20.2. The van der Waals surface area contributed by atoms with Gasteiger partial charge in [-0.05, 0) is 88.9 Å². The molecule has 0 spiro atoms. The number of aryl methyl sites for hydroxylation is 2. The fraction of sp³-hybridized carbons (Fsp3) is 0.350. The third kappa shape index (κ3) is 12.7. The first-order valence-electron chi connectivity index (χ1n) is 19.5. The Morgan fingerprint density at radius 1 is 0.746 bits per heavy atom. The number of nitrogens with one attached hydrogen (secondary N) is 3. The SMILES string of the molecule is CS(=O)(=O)Nc1ccc(Br)cc1C(=O)O.Cc1cn2nc([C@@H]3CCCCN3)cc2nc1Cl.Cc1cn2nc([C@@H]3CCCCN3C(=O)c3cc(Br)ccc3NS(C)(=O)=O)cc2nc1Cl. The van der Waals surface area contributed by atoms with Crippen LogP contribution >= 0.6 is 55.1 Å². The monoisotopic (exact) mass is 1070 g/mol. The molecule has 1 amide bonds. The molecule has 8 rings (SSSR count). The van der Waals surface area contributed by atoms with Crippen LogP contribution < -0.4 is 14.8 Å². The number of halogens is 4. The maximum absolute atomic E-state index is 13.6. The van der Waals surface area contributed by atoms with Crippen molar-refractivity contribution in [3.63, 3.8) is 0 Å². The Hall–Kier alpha value is -4.38. The summed E-state index contributed by atoms with van der Waals surface area (Å²) in [5.41, 5.74) is 5.48. The molecule has 2 saturated heterocycles. The van der Waals surface area contributed by atoms with Crippen molar-refractivity contribution >= 4 is 110 Å². The van der Waals surface area contributed by atoms with Crippen LogP contribution in [0, 0.1) is 13.8 Å². The molecule has 336 valence electrons. The fourth-order valence-corrected chi connectivity index (χ4v) is 9.20. The molecule has 0 saturated carbocycles. The maximum atomic E-state index is 13.6. The molecule has 0 bridgehead atoms. The molecule has 2 fully saturated rings. The topological polar surface area (TPSA) is 222 Å². The molecule has 63 heavy (non-hydrogen) atoms. The maximum Gasteiger partial charge on any atom is 0.337 e. The number of nitrogens with zero attached hydrogens (tertiary/aromatic N) is 7. The number of piperidine rings is 2. The van der Waals surface area contributed by atoms with Gasteiger partial charge < -0.3 is 15.3 Å². The molecule has 0 unspecified atom stereocenters. The van der Waals surface area contributed by atoms with Gasteiger partial charge in [0.1, 0.15) is 10.3 Å². The van der Waals surface area contributed by atoms with Crippen LogP contribution in [0.3, 0.4) is 0 Å². The molecule has 6 heterocycles. The van der Waals surface area contributed by atoms with Crippen molar-refractivity contribution < 1.29 is 31.5 Å². The Labute approximate surface area is 391 Å². The van der Waals surface area contributed by atoms with Crippen molar-refractivity contribution in [1.29, 1.82) is 0 Å². The van der Waals surface area contributed by atoms with Crippen molar-refractivity contribution in [2.45, 2.75) is 64.5 Å². The molecule has 2 aromatic carbocycles. The first-order chi connectivity index (χ1) is 29.7. The zero-order valence-corrected chi connectivity index (χ0v) is 40.8. The van der Waals surface area contributed by atoms with Gasteiger partial charge in [-0.1, -0.05) is 61.5 Å². The van der Waals surface area contributed by atoms with E-state index in [4.69, 9.17) is 28.3 Å². The molecule has 4 aromatic heterocycles. The van der Waals surface area contributed by atoms with E-state index in [2.05, 4.69) is 66.8 Å². The average molecular weight is 1070 g/mol.